The van der Waals surface area contributed by atoms with Gasteiger partial charge in [-0.25, -0.2) is 9.78 Å². The van der Waals surface area contributed by atoms with Gasteiger partial charge in [0.1, 0.15) is 11.8 Å². The van der Waals surface area contributed by atoms with Gasteiger partial charge in [-0.1, -0.05) is 0 Å². The summed E-state index contributed by atoms with van der Waals surface area (Å²) in [5.41, 5.74) is -0.159. The molecule has 0 aliphatic carbocycles. The quantitative estimate of drug-likeness (QED) is 0.776. The molecule has 0 saturated carbocycles. The van der Waals surface area contributed by atoms with E-state index in [1.54, 1.807) is 18.6 Å². The van der Waals surface area contributed by atoms with Gasteiger partial charge in [-0.3, -0.25) is 4.57 Å². The van der Waals surface area contributed by atoms with Crippen molar-refractivity contribution in [2.24, 2.45) is 0 Å². The molecule has 2 heterocycles. The number of rotatable bonds is 2. The molecule has 1 unspecified atom stereocenters. The van der Waals surface area contributed by atoms with Crippen molar-refractivity contribution in [2.45, 2.75) is 19.9 Å². The van der Waals surface area contributed by atoms with Gasteiger partial charge < -0.3 is 9.40 Å². The van der Waals surface area contributed by atoms with Crippen molar-refractivity contribution in [1.82, 2.24) is 14.5 Å². The number of aromatic nitrogens is 3. The molecule has 0 spiro atoms. The van der Waals surface area contributed by atoms with E-state index in [1.165, 1.54) is 4.57 Å². The fourth-order valence-electron chi connectivity index (χ4n) is 1.32. The minimum absolute atomic E-state index is 0.159. The molecule has 74 valence electrons. The molecule has 0 radical (unpaired) electrons. The summed E-state index contributed by atoms with van der Waals surface area (Å²) in [5.74, 6) is 1.29. The first-order valence-corrected chi connectivity index (χ1v) is 4.36. The SMILES string of the molecule is Cc1cnc(C(C)n2cc[nH]c2=O)o1. The van der Waals surface area contributed by atoms with Gasteiger partial charge in [-0.05, 0) is 13.8 Å². The highest BCUT2D eigenvalue weighted by atomic mass is 16.4. The number of aryl methyl sites for hydroxylation is 1. The smallest absolute Gasteiger partial charge is 0.326 e. The molecule has 1 N–H and O–H groups in total. The average molecular weight is 193 g/mol. The molecular weight excluding hydrogens is 182 g/mol. The highest BCUT2D eigenvalue weighted by Crippen LogP contribution is 2.14. The number of nitrogens with zero attached hydrogens (tertiary/aromatic N) is 2. The van der Waals surface area contributed by atoms with Crippen molar-refractivity contribution in [2.75, 3.05) is 0 Å². The van der Waals surface area contributed by atoms with Gasteiger partial charge in [0, 0.05) is 12.4 Å². The summed E-state index contributed by atoms with van der Waals surface area (Å²) in [5, 5.41) is 0. The Bertz CT molecular complexity index is 480. The second-order valence-electron chi connectivity index (χ2n) is 3.16. The van der Waals surface area contributed by atoms with Crippen LogP contribution in [0.5, 0.6) is 0 Å². The van der Waals surface area contributed by atoms with Crippen LogP contribution in [0.3, 0.4) is 0 Å². The number of aromatic amines is 1. The van der Waals surface area contributed by atoms with E-state index in [9.17, 15) is 4.79 Å². The Hall–Kier alpha value is -1.78. The van der Waals surface area contributed by atoms with Crippen LogP contribution in [0.1, 0.15) is 24.6 Å². The molecule has 0 aliphatic heterocycles. The molecular formula is C9H11N3O2. The van der Waals surface area contributed by atoms with Crippen LogP contribution in [0.25, 0.3) is 0 Å². The lowest BCUT2D eigenvalue weighted by Gasteiger charge is -2.06. The Morgan fingerprint density at radius 2 is 2.43 bits per heavy atom. The molecule has 0 fully saturated rings. The first kappa shape index (κ1) is 8.80. The number of hydrogen-bond donors (Lipinski definition) is 1. The topological polar surface area (TPSA) is 63.8 Å². The van der Waals surface area contributed by atoms with Crippen LogP contribution in [0, 0.1) is 6.92 Å². The number of H-pyrrole nitrogens is 1. The summed E-state index contributed by atoms with van der Waals surface area (Å²) >= 11 is 0. The Labute approximate surface area is 80.4 Å². The van der Waals surface area contributed by atoms with Gasteiger partial charge in [0.15, 0.2) is 0 Å². The van der Waals surface area contributed by atoms with Crippen molar-refractivity contribution >= 4 is 0 Å². The highest BCUT2D eigenvalue weighted by molar-refractivity contribution is 4.98. The van der Waals surface area contributed by atoms with E-state index >= 15 is 0 Å². The minimum atomic E-state index is -0.178. The van der Waals surface area contributed by atoms with Crippen molar-refractivity contribution < 1.29 is 4.42 Å². The summed E-state index contributed by atoms with van der Waals surface area (Å²) in [7, 11) is 0. The number of nitrogens with one attached hydrogen (secondary N) is 1. The Kier molecular flexibility index (Phi) is 1.99. The summed E-state index contributed by atoms with van der Waals surface area (Å²) in [4.78, 5) is 17.9. The predicted molar refractivity (Wildman–Crippen MR) is 50.1 cm³/mol. The zero-order chi connectivity index (χ0) is 10.1. The standard InChI is InChI=1S/C9H11N3O2/c1-6-5-11-8(14-6)7(2)12-4-3-10-9(12)13/h3-5,7H,1-2H3,(H,10,13). The number of oxazole rings is 1. The maximum absolute atomic E-state index is 11.3. The monoisotopic (exact) mass is 193 g/mol. The van der Waals surface area contributed by atoms with Crippen LogP contribution in [-0.2, 0) is 0 Å². The molecule has 5 nitrogen and oxygen atoms in total. The van der Waals surface area contributed by atoms with Gasteiger partial charge in [0.2, 0.25) is 5.89 Å². The van der Waals surface area contributed by atoms with Gasteiger partial charge >= 0.3 is 5.69 Å². The van der Waals surface area contributed by atoms with E-state index in [0.717, 1.165) is 5.76 Å². The molecule has 14 heavy (non-hydrogen) atoms. The van der Waals surface area contributed by atoms with Crippen molar-refractivity contribution in [1.29, 1.82) is 0 Å². The molecule has 1 atom stereocenters. The fourth-order valence-corrected chi connectivity index (χ4v) is 1.32. The van der Waals surface area contributed by atoms with E-state index in [0.29, 0.717) is 5.89 Å². The van der Waals surface area contributed by atoms with Crippen LogP contribution in [0.15, 0.2) is 27.8 Å². The lowest BCUT2D eigenvalue weighted by molar-refractivity contribution is 0.411. The highest BCUT2D eigenvalue weighted by Gasteiger charge is 2.14. The zero-order valence-corrected chi connectivity index (χ0v) is 8.02. The van der Waals surface area contributed by atoms with Crippen LogP contribution >= 0.6 is 0 Å². The zero-order valence-electron chi connectivity index (χ0n) is 8.02. The van der Waals surface area contributed by atoms with Crippen LogP contribution in [-0.4, -0.2) is 14.5 Å². The van der Waals surface area contributed by atoms with Crippen LogP contribution in [0.4, 0.5) is 0 Å². The molecule has 0 aromatic carbocycles. The lowest BCUT2D eigenvalue weighted by Crippen LogP contribution is -2.20. The van der Waals surface area contributed by atoms with Crippen LogP contribution < -0.4 is 5.69 Å². The lowest BCUT2D eigenvalue weighted by atomic mass is 10.3. The third-order valence-corrected chi connectivity index (χ3v) is 2.09. The van der Waals surface area contributed by atoms with Crippen molar-refractivity contribution in [3.05, 3.63) is 40.7 Å². The predicted octanol–water partition coefficient (Wildman–Crippen LogP) is 1.08. The average Bonchev–Trinajstić information content (AvgIpc) is 2.73. The summed E-state index contributed by atoms with van der Waals surface area (Å²) in [6.07, 6.45) is 4.91. The normalized spacial score (nSPS) is 13.0. The van der Waals surface area contributed by atoms with E-state index in [1.807, 2.05) is 13.8 Å². The van der Waals surface area contributed by atoms with E-state index in [-0.39, 0.29) is 11.7 Å². The minimum Gasteiger partial charge on any atom is -0.444 e. The Morgan fingerprint density at radius 3 is 2.93 bits per heavy atom. The molecule has 2 aromatic heterocycles. The first-order valence-electron chi connectivity index (χ1n) is 4.36. The molecule has 0 aliphatic rings. The van der Waals surface area contributed by atoms with Gasteiger partial charge in [0.05, 0.1) is 6.20 Å². The maximum atomic E-state index is 11.3. The molecule has 0 saturated heterocycles. The first-order chi connectivity index (χ1) is 6.68. The Balaban J connectivity index is 2.38. The van der Waals surface area contributed by atoms with E-state index in [2.05, 4.69) is 9.97 Å². The number of imidazole rings is 1. The second-order valence-corrected chi connectivity index (χ2v) is 3.16. The third kappa shape index (κ3) is 1.37. The summed E-state index contributed by atoms with van der Waals surface area (Å²) in [6.45, 7) is 3.68. The van der Waals surface area contributed by atoms with Gasteiger partial charge in [0.25, 0.3) is 0 Å². The second kappa shape index (κ2) is 3.17. The van der Waals surface area contributed by atoms with E-state index < -0.39 is 0 Å². The van der Waals surface area contributed by atoms with Crippen molar-refractivity contribution in [3.8, 4) is 0 Å². The molecule has 0 bridgehead atoms. The van der Waals surface area contributed by atoms with Crippen molar-refractivity contribution in [3.63, 3.8) is 0 Å². The third-order valence-electron chi connectivity index (χ3n) is 2.09. The summed E-state index contributed by atoms with van der Waals surface area (Å²) in [6, 6.07) is -0.178. The number of hydrogen-bond acceptors (Lipinski definition) is 3. The Morgan fingerprint density at radius 1 is 1.64 bits per heavy atom. The van der Waals surface area contributed by atoms with Gasteiger partial charge in [-0.2, -0.15) is 0 Å². The van der Waals surface area contributed by atoms with Crippen LogP contribution in [0.2, 0.25) is 0 Å². The molecule has 2 rings (SSSR count). The fraction of sp³-hybridized carbons (Fsp3) is 0.333. The van der Waals surface area contributed by atoms with Gasteiger partial charge in [-0.15, -0.1) is 0 Å². The molecule has 5 heteroatoms. The van der Waals surface area contributed by atoms with E-state index in [4.69, 9.17) is 4.42 Å². The summed E-state index contributed by atoms with van der Waals surface area (Å²) < 4.78 is 6.87. The molecule has 0 amide bonds. The largest absolute Gasteiger partial charge is 0.444 e. The molecule has 2 aromatic rings. The maximum Gasteiger partial charge on any atom is 0.326 e.